The molecule has 0 unspecified atom stereocenters. The molecule has 4 nitrogen and oxygen atoms in total. The molecule has 0 radical (unpaired) electrons. The van der Waals surface area contributed by atoms with E-state index in [0.717, 1.165) is 19.0 Å². The molecular formula is C13H11F3N2O2. The molecule has 0 atom stereocenters. The van der Waals surface area contributed by atoms with Crippen molar-refractivity contribution < 1.29 is 22.8 Å². The summed E-state index contributed by atoms with van der Waals surface area (Å²) >= 11 is 0. The van der Waals surface area contributed by atoms with Gasteiger partial charge in [0, 0.05) is 23.2 Å². The normalized spacial score (nSPS) is 15.6. The third-order valence-electron chi connectivity index (χ3n) is 3.26. The minimum absolute atomic E-state index is 0.0230. The second-order valence-electron chi connectivity index (χ2n) is 4.70. The molecule has 1 aliphatic carbocycles. The van der Waals surface area contributed by atoms with Crippen LogP contribution in [-0.4, -0.2) is 15.2 Å². The van der Waals surface area contributed by atoms with Crippen molar-refractivity contribution in [2.45, 2.75) is 31.5 Å². The van der Waals surface area contributed by atoms with Gasteiger partial charge in [0.15, 0.2) is 5.69 Å². The van der Waals surface area contributed by atoms with Gasteiger partial charge < -0.3 is 9.63 Å². The van der Waals surface area contributed by atoms with Crippen LogP contribution in [0.15, 0.2) is 22.9 Å². The molecule has 1 fully saturated rings. The van der Waals surface area contributed by atoms with E-state index in [9.17, 15) is 18.3 Å². The summed E-state index contributed by atoms with van der Waals surface area (Å²) in [6.45, 7) is -0.406. The molecule has 1 saturated carbocycles. The first-order chi connectivity index (χ1) is 9.52. The van der Waals surface area contributed by atoms with Crippen LogP contribution in [0.5, 0.6) is 0 Å². The maximum absolute atomic E-state index is 13.0. The topological polar surface area (TPSA) is 59.2 Å². The van der Waals surface area contributed by atoms with Gasteiger partial charge in [-0.25, -0.2) is 0 Å². The first-order valence-electron chi connectivity index (χ1n) is 6.14. The lowest BCUT2D eigenvalue weighted by Crippen LogP contribution is -2.10. The number of rotatable bonds is 3. The molecule has 20 heavy (non-hydrogen) atoms. The highest BCUT2D eigenvalue weighted by Crippen LogP contribution is 2.45. The number of nitrogens with zero attached hydrogens (tertiary/aromatic N) is 2. The van der Waals surface area contributed by atoms with Crippen LogP contribution in [0.4, 0.5) is 13.2 Å². The molecule has 0 aromatic carbocycles. The predicted molar refractivity (Wildman–Crippen MR) is 62.6 cm³/mol. The monoisotopic (exact) mass is 284 g/mol. The maximum Gasteiger partial charge on any atom is 0.434 e. The molecule has 0 saturated heterocycles. The standard InChI is InChI=1S/C13H11F3N2O2/c14-13(15,16)12-8(2-1-5-17-12)10-9(6-19)11(20-18-10)7-3-4-7/h1-2,5,7,19H,3-4,6H2. The average molecular weight is 284 g/mol. The number of hydrogen-bond acceptors (Lipinski definition) is 4. The summed E-state index contributed by atoms with van der Waals surface area (Å²) in [5.74, 6) is 0.642. The fourth-order valence-electron chi connectivity index (χ4n) is 2.17. The van der Waals surface area contributed by atoms with Gasteiger partial charge in [-0.15, -0.1) is 0 Å². The first-order valence-corrected chi connectivity index (χ1v) is 6.14. The molecule has 2 heterocycles. The SMILES string of the molecule is OCc1c(-c2cccnc2C(F)(F)F)noc1C1CC1. The summed E-state index contributed by atoms with van der Waals surface area (Å²) in [6, 6.07) is 2.68. The molecule has 0 spiro atoms. The molecule has 2 aromatic heterocycles. The maximum atomic E-state index is 13.0. The predicted octanol–water partition coefficient (Wildman–Crippen LogP) is 3.13. The molecular weight excluding hydrogens is 273 g/mol. The van der Waals surface area contributed by atoms with E-state index in [-0.39, 0.29) is 17.2 Å². The third kappa shape index (κ3) is 2.18. The van der Waals surface area contributed by atoms with Crippen LogP contribution in [-0.2, 0) is 12.8 Å². The lowest BCUT2D eigenvalue weighted by atomic mass is 10.0. The molecule has 7 heteroatoms. The van der Waals surface area contributed by atoms with Crippen LogP contribution >= 0.6 is 0 Å². The molecule has 106 valence electrons. The van der Waals surface area contributed by atoms with E-state index >= 15 is 0 Å². The Morgan fingerprint density at radius 1 is 1.35 bits per heavy atom. The quantitative estimate of drug-likeness (QED) is 0.940. The lowest BCUT2D eigenvalue weighted by Gasteiger charge is -2.10. The van der Waals surface area contributed by atoms with Gasteiger partial charge in [0.25, 0.3) is 0 Å². The zero-order valence-corrected chi connectivity index (χ0v) is 10.3. The van der Waals surface area contributed by atoms with E-state index in [1.165, 1.54) is 12.1 Å². The van der Waals surface area contributed by atoms with Gasteiger partial charge in [-0.1, -0.05) is 5.16 Å². The van der Waals surface area contributed by atoms with Crippen molar-refractivity contribution in [1.29, 1.82) is 0 Å². The molecule has 2 aromatic rings. The summed E-state index contributed by atoms with van der Waals surface area (Å²) in [5, 5.41) is 13.1. The number of hydrogen-bond donors (Lipinski definition) is 1. The summed E-state index contributed by atoms with van der Waals surface area (Å²) in [5.41, 5.74) is -0.842. The summed E-state index contributed by atoms with van der Waals surface area (Å²) in [6.07, 6.45) is -1.70. The highest BCUT2D eigenvalue weighted by Gasteiger charge is 2.38. The number of pyridine rings is 1. The molecule has 1 aliphatic rings. The van der Waals surface area contributed by atoms with Gasteiger partial charge in [0.05, 0.1) is 6.61 Å². The molecule has 0 amide bonds. The van der Waals surface area contributed by atoms with Crippen molar-refractivity contribution in [3.05, 3.63) is 35.3 Å². The number of alkyl halides is 3. The first kappa shape index (κ1) is 13.1. The van der Waals surface area contributed by atoms with Gasteiger partial charge in [-0.05, 0) is 25.0 Å². The van der Waals surface area contributed by atoms with Crippen molar-refractivity contribution in [3.8, 4) is 11.3 Å². The van der Waals surface area contributed by atoms with E-state index in [4.69, 9.17) is 4.52 Å². The van der Waals surface area contributed by atoms with Crippen molar-refractivity contribution in [3.63, 3.8) is 0 Å². The van der Waals surface area contributed by atoms with E-state index in [2.05, 4.69) is 10.1 Å². The van der Waals surface area contributed by atoms with Crippen LogP contribution in [0.25, 0.3) is 11.3 Å². The Kier molecular flexibility index (Phi) is 3.01. The van der Waals surface area contributed by atoms with Gasteiger partial charge >= 0.3 is 6.18 Å². The summed E-state index contributed by atoms with van der Waals surface area (Å²) in [4.78, 5) is 3.38. The van der Waals surface area contributed by atoms with Crippen molar-refractivity contribution in [2.75, 3.05) is 0 Å². The Morgan fingerprint density at radius 2 is 2.10 bits per heavy atom. The van der Waals surface area contributed by atoms with Crippen LogP contribution in [0, 0.1) is 0 Å². The zero-order chi connectivity index (χ0) is 14.3. The number of aromatic nitrogens is 2. The Bertz CT molecular complexity index is 633. The van der Waals surface area contributed by atoms with Gasteiger partial charge in [0.1, 0.15) is 11.5 Å². The fourth-order valence-corrected chi connectivity index (χ4v) is 2.17. The van der Waals surface area contributed by atoms with Crippen LogP contribution < -0.4 is 0 Å². The lowest BCUT2D eigenvalue weighted by molar-refractivity contribution is -0.140. The summed E-state index contributed by atoms with van der Waals surface area (Å²) in [7, 11) is 0. The average Bonchev–Trinajstić information content (AvgIpc) is 3.17. The summed E-state index contributed by atoms with van der Waals surface area (Å²) < 4.78 is 44.0. The van der Waals surface area contributed by atoms with E-state index in [1.807, 2.05) is 0 Å². The molecule has 0 aliphatic heterocycles. The van der Waals surface area contributed by atoms with Crippen molar-refractivity contribution in [2.24, 2.45) is 0 Å². The zero-order valence-electron chi connectivity index (χ0n) is 10.3. The third-order valence-corrected chi connectivity index (χ3v) is 3.26. The number of aliphatic hydroxyl groups is 1. The number of aliphatic hydroxyl groups excluding tert-OH is 1. The van der Waals surface area contributed by atoms with E-state index in [0.29, 0.717) is 11.3 Å². The van der Waals surface area contributed by atoms with E-state index < -0.39 is 18.5 Å². The van der Waals surface area contributed by atoms with Gasteiger partial charge in [-0.2, -0.15) is 13.2 Å². The second-order valence-corrected chi connectivity index (χ2v) is 4.70. The van der Waals surface area contributed by atoms with Crippen molar-refractivity contribution >= 4 is 0 Å². The fraction of sp³-hybridized carbons (Fsp3) is 0.385. The van der Waals surface area contributed by atoms with Crippen LogP contribution in [0.2, 0.25) is 0 Å². The van der Waals surface area contributed by atoms with Crippen LogP contribution in [0.1, 0.15) is 35.8 Å². The second kappa shape index (κ2) is 4.59. The smallest absolute Gasteiger partial charge is 0.391 e. The van der Waals surface area contributed by atoms with Gasteiger partial charge in [-0.3, -0.25) is 4.98 Å². The minimum Gasteiger partial charge on any atom is -0.391 e. The van der Waals surface area contributed by atoms with Crippen LogP contribution in [0.3, 0.4) is 0 Å². The Hall–Kier alpha value is -1.89. The van der Waals surface area contributed by atoms with Crippen molar-refractivity contribution in [1.82, 2.24) is 10.1 Å². The largest absolute Gasteiger partial charge is 0.434 e. The highest BCUT2D eigenvalue weighted by molar-refractivity contribution is 5.66. The Labute approximate surface area is 112 Å². The highest BCUT2D eigenvalue weighted by atomic mass is 19.4. The molecule has 3 rings (SSSR count). The Balaban J connectivity index is 2.14. The Morgan fingerprint density at radius 3 is 2.70 bits per heavy atom. The molecule has 1 N–H and O–H groups in total. The van der Waals surface area contributed by atoms with E-state index in [1.54, 1.807) is 0 Å². The van der Waals surface area contributed by atoms with Gasteiger partial charge in [0.2, 0.25) is 0 Å². The number of halogens is 3. The minimum atomic E-state index is -4.58. The molecule has 0 bridgehead atoms.